The van der Waals surface area contributed by atoms with Crippen LogP contribution < -0.4 is 9.47 Å². The molecule has 0 N–H and O–H groups in total. The molecule has 1 fully saturated rings. The highest BCUT2D eigenvalue weighted by Gasteiger charge is 2.34. The number of hydrogen-bond donors (Lipinski definition) is 0. The van der Waals surface area contributed by atoms with Gasteiger partial charge in [0.15, 0.2) is 11.5 Å². The smallest absolute Gasteiger partial charge is 0.294 e. The quantitative estimate of drug-likeness (QED) is 0.401. The van der Waals surface area contributed by atoms with Gasteiger partial charge < -0.3 is 9.47 Å². The summed E-state index contributed by atoms with van der Waals surface area (Å²) in [4.78, 5) is 25.6. The number of rotatable bonds is 6. The maximum Gasteiger partial charge on any atom is 0.294 e. The number of nitrogens with zero attached hydrogens (tertiary/aromatic N) is 1. The van der Waals surface area contributed by atoms with Gasteiger partial charge >= 0.3 is 0 Å². The summed E-state index contributed by atoms with van der Waals surface area (Å²) >= 11 is 10.3. The van der Waals surface area contributed by atoms with Gasteiger partial charge in [-0.1, -0.05) is 29.7 Å². The van der Waals surface area contributed by atoms with Crippen LogP contribution in [0.5, 0.6) is 11.5 Å². The molecule has 1 aliphatic rings. The Hall–Kier alpha value is -2.40. The molecule has 5 nitrogen and oxygen atoms in total. The van der Waals surface area contributed by atoms with Crippen LogP contribution in [0, 0.1) is 12.3 Å². The third-order valence-electron chi connectivity index (χ3n) is 3.94. The number of imide groups is 1. The molecule has 0 aliphatic carbocycles. The second kappa shape index (κ2) is 9.40. The molecule has 0 bridgehead atoms. The summed E-state index contributed by atoms with van der Waals surface area (Å²) in [7, 11) is 1.53. The van der Waals surface area contributed by atoms with Gasteiger partial charge in [0.1, 0.15) is 6.61 Å². The molecule has 0 aromatic heterocycles. The lowest BCUT2D eigenvalue weighted by molar-refractivity contribution is -0.122. The van der Waals surface area contributed by atoms with Crippen LogP contribution >= 0.6 is 39.3 Å². The van der Waals surface area contributed by atoms with E-state index in [0.29, 0.717) is 38.1 Å². The van der Waals surface area contributed by atoms with Crippen LogP contribution in [-0.4, -0.2) is 29.7 Å². The SMILES string of the molecule is C#CCN1C(=O)SC(=Cc2cc(Br)c(OCc3cccc(Cl)c3)c(OC)c2)C1=O. The first-order valence-electron chi connectivity index (χ1n) is 8.36. The Morgan fingerprint density at radius 2 is 2.10 bits per heavy atom. The van der Waals surface area contributed by atoms with Crippen LogP contribution in [0.2, 0.25) is 5.02 Å². The number of halogens is 2. The number of methoxy groups -OCH3 is 1. The predicted octanol–water partition coefficient (Wildman–Crippen LogP) is 5.36. The lowest BCUT2D eigenvalue weighted by Crippen LogP contribution is -2.28. The fourth-order valence-corrected chi connectivity index (χ4v) is 4.25. The monoisotopic (exact) mass is 491 g/mol. The van der Waals surface area contributed by atoms with Gasteiger partial charge in [-0.25, -0.2) is 0 Å². The summed E-state index contributed by atoms with van der Waals surface area (Å²) in [5.41, 5.74) is 1.59. The van der Waals surface area contributed by atoms with Crippen LogP contribution in [0.15, 0.2) is 45.8 Å². The number of benzene rings is 2. The van der Waals surface area contributed by atoms with Gasteiger partial charge in [-0.3, -0.25) is 14.5 Å². The van der Waals surface area contributed by atoms with Crippen molar-refractivity contribution in [2.24, 2.45) is 0 Å². The maximum atomic E-state index is 12.3. The number of amides is 2. The van der Waals surface area contributed by atoms with Crippen LogP contribution in [-0.2, 0) is 11.4 Å². The Bertz CT molecular complexity index is 1050. The fourth-order valence-electron chi connectivity index (χ4n) is 2.62. The zero-order valence-corrected chi connectivity index (χ0v) is 18.4. The van der Waals surface area contributed by atoms with Crippen LogP contribution in [0.3, 0.4) is 0 Å². The average molecular weight is 493 g/mol. The summed E-state index contributed by atoms with van der Waals surface area (Å²) in [6.45, 7) is 0.255. The van der Waals surface area contributed by atoms with Crippen molar-refractivity contribution in [1.82, 2.24) is 4.90 Å². The van der Waals surface area contributed by atoms with Crippen molar-refractivity contribution < 1.29 is 19.1 Å². The standard InChI is InChI=1S/C21H15BrClNO4S/c1-3-7-24-20(25)18(29-21(24)26)11-14-9-16(22)19(17(10-14)27-2)28-12-13-5-4-6-15(23)8-13/h1,4-6,8-11H,7,12H2,2H3. The van der Waals surface area contributed by atoms with E-state index in [9.17, 15) is 9.59 Å². The molecule has 8 heteroatoms. The van der Waals surface area contributed by atoms with Crippen LogP contribution in [0.1, 0.15) is 11.1 Å². The molecule has 1 heterocycles. The molecule has 0 unspecified atom stereocenters. The molecular formula is C21H15BrClNO4S. The number of carbonyl (C=O) groups is 2. The summed E-state index contributed by atoms with van der Waals surface area (Å²) in [6, 6.07) is 10.9. The third-order valence-corrected chi connectivity index (χ3v) is 5.68. The Balaban J connectivity index is 1.84. The molecule has 148 valence electrons. The van der Waals surface area contributed by atoms with Gasteiger partial charge in [0.2, 0.25) is 0 Å². The third kappa shape index (κ3) is 4.96. The first kappa shape index (κ1) is 21.3. The topological polar surface area (TPSA) is 55.8 Å². The molecule has 3 rings (SSSR count). The maximum absolute atomic E-state index is 12.3. The van der Waals surface area contributed by atoms with Crippen molar-refractivity contribution in [3.8, 4) is 23.8 Å². The van der Waals surface area contributed by atoms with Crippen molar-refractivity contribution in [1.29, 1.82) is 0 Å². The van der Waals surface area contributed by atoms with Crippen molar-refractivity contribution in [3.63, 3.8) is 0 Å². The van der Waals surface area contributed by atoms with Crippen LogP contribution in [0.4, 0.5) is 4.79 Å². The number of thioether (sulfide) groups is 1. The molecule has 29 heavy (non-hydrogen) atoms. The van der Waals surface area contributed by atoms with Gasteiger partial charge in [-0.15, -0.1) is 6.42 Å². The van der Waals surface area contributed by atoms with Gasteiger partial charge in [0.25, 0.3) is 11.1 Å². The zero-order chi connectivity index (χ0) is 21.0. The first-order chi connectivity index (χ1) is 13.9. The molecule has 0 spiro atoms. The molecule has 0 radical (unpaired) electrons. The number of hydrogen-bond acceptors (Lipinski definition) is 5. The summed E-state index contributed by atoms with van der Waals surface area (Å²) < 4.78 is 12.0. The van der Waals surface area contributed by atoms with E-state index in [1.807, 2.05) is 18.2 Å². The molecule has 0 saturated carbocycles. The second-order valence-corrected chi connectivity index (χ2v) is 8.21. The highest BCUT2D eigenvalue weighted by Crippen LogP contribution is 2.39. The number of terminal acetylenes is 1. The van der Waals surface area contributed by atoms with Crippen molar-refractivity contribution in [3.05, 3.63) is 61.9 Å². The summed E-state index contributed by atoms with van der Waals surface area (Å²) in [5.74, 6) is 2.90. The van der Waals surface area contributed by atoms with Gasteiger partial charge in [-0.2, -0.15) is 0 Å². The summed E-state index contributed by atoms with van der Waals surface area (Å²) in [6.07, 6.45) is 6.84. The average Bonchev–Trinajstić information content (AvgIpc) is 2.94. The van der Waals surface area contributed by atoms with Crippen molar-refractivity contribution >= 4 is 56.5 Å². The highest BCUT2D eigenvalue weighted by molar-refractivity contribution is 9.10. The number of ether oxygens (including phenoxy) is 2. The molecule has 1 aliphatic heterocycles. The van der Waals surface area contributed by atoms with E-state index in [0.717, 1.165) is 22.2 Å². The minimum atomic E-state index is -0.408. The van der Waals surface area contributed by atoms with Crippen molar-refractivity contribution in [2.75, 3.05) is 13.7 Å². The molecular weight excluding hydrogens is 478 g/mol. The predicted molar refractivity (Wildman–Crippen MR) is 118 cm³/mol. The fraction of sp³-hybridized carbons (Fsp3) is 0.143. The lowest BCUT2D eigenvalue weighted by atomic mass is 10.1. The largest absolute Gasteiger partial charge is 0.493 e. The van der Waals surface area contributed by atoms with E-state index in [-0.39, 0.29) is 11.8 Å². The lowest BCUT2D eigenvalue weighted by Gasteiger charge is -2.14. The zero-order valence-electron chi connectivity index (χ0n) is 15.3. The Morgan fingerprint density at radius 1 is 1.31 bits per heavy atom. The van der Waals surface area contributed by atoms with Crippen LogP contribution in [0.25, 0.3) is 6.08 Å². The number of carbonyl (C=O) groups excluding carboxylic acids is 2. The van der Waals surface area contributed by atoms with E-state index in [1.165, 1.54) is 7.11 Å². The molecule has 2 amide bonds. The molecule has 1 saturated heterocycles. The van der Waals surface area contributed by atoms with Gasteiger partial charge in [0, 0.05) is 5.02 Å². The molecule has 2 aromatic rings. The first-order valence-corrected chi connectivity index (χ1v) is 10.3. The minimum absolute atomic E-state index is 0.0503. The van der Waals surface area contributed by atoms with Crippen molar-refractivity contribution in [2.45, 2.75) is 6.61 Å². The van der Waals surface area contributed by atoms with E-state index in [4.69, 9.17) is 27.5 Å². The van der Waals surface area contributed by atoms with E-state index < -0.39 is 5.91 Å². The Kier molecular flexibility index (Phi) is 6.91. The summed E-state index contributed by atoms with van der Waals surface area (Å²) in [5, 5.41) is 0.248. The molecule has 0 atom stereocenters. The van der Waals surface area contributed by atoms with E-state index in [1.54, 1.807) is 24.3 Å². The molecule has 2 aromatic carbocycles. The van der Waals surface area contributed by atoms with E-state index in [2.05, 4.69) is 21.9 Å². The second-order valence-electron chi connectivity index (χ2n) is 5.92. The highest BCUT2D eigenvalue weighted by atomic mass is 79.9. The minimum Gasteiger partial charge on any atom is -0.493 e. The Morgan fingerprint density at radius 3 is 2.79 bits per heavy atom. The van der Waals surface area contributed by atoms with Gasteiger partial charge in [0.05, 0.1) is 23.0 Å². The van der Waals surface area contributed by atoms with E-state index >= 15 is 0 Å². The van der Waals surface area contributed by atoms with Gasteiger partial charge in [-0.05, 0) is 69.2 Å². The Labute approximate surface area is 186 Å². The normalized spacial score (nSPS) is 15.0.